The molecule has 1 aromatic rings. The molecule has 1 aromatic carbocycles. The van der Waals surface area contributed by atoms with Crippen LogP contribution in [0.5, 0.6) is 0 Å². The monoisotopic (exact) mass is 307 g/mol. The van der Waals surface area contributed by atoms with Gasteiger partial charge in [-0.2, -0.15) is 0 Å². The summed E-state index contributed by atoms with van der Waals surface area (Å²) in [6.07, 6.45) is -2.59. The Labute approximate surface area is 118 Å². The first-order valence-electron chi connectivity index (χ1n) is 6.14. The number of rotatable bonds is 7. The standard InChI is InChI=1S/C13H19F2NO3S/c1-10-5-4-6-12(11(10)2)16(3)20(17,18)8-7-19-9-13(14)15/h4-6,13H,7-9H2,1-3H3. The summed E-state index contributed by atoms with van der Waals surface area (Å²) in [5.41, 5.74) is 2.43. The number of hydrogen-bond donors (Lipinski definition) is 0. The van der Waals surface area contributed by atoms with Gasteiger partial charge in [-0.15, -0.1) is 0 Å². The Kier molecular flexibility index (Phi) is 5.88. The summed E-state index contributed by atoms with van der Waals surface area (Å²) in [5, 5.41) is 0. The maximum atomic E-state index is 12.1. The first kappa shape index (κ1) is 16.8. The van der Waals surface area contributed by atoms with Crippen LogP contribution in [0, 0.1) is 13.8 Å². The van der Waals surface area contributed by atoms with Gasteiger partial charge in [0.25, 0.3) is 6.43 Å². The van der Waals surface area contributed by atoms with Gasteiger partial charge in [0, 0.05) is 7.05 Å². The largest absolute Gasteiger partial charge is 0.374 e. The fraction of sp³-hybridized carbons (Fsp3) is 0.538. The molecule has 0 aliphatic heterocycles. The summed E-state index contributed by atoms with van der Waals surface area (Å²) in [5.74, 6) is -0.330. The van der Waals surface area contributed by atoms with Gasteiger partial charge in [-0.25, -0.2) is 17.2 Å². The van der Waals surface area contributed by atoms with Crippen molar-refractivity contribution in [2.24, 2.45) is 0 Å². The number of halogens is 2. The fourth-order valence-electron chi connectivity index (χ4n) is 1.70. The number of alkyl halides is 2. The van der Waals surface area contributed by atoms with Gasteiger partial charge in [-0.05, 0) is 31.0 Å². The van der Waals surface area contributed by atoms with Crippen molar-refractivity contribution in [3.05, 3.63) is 29.3 Å². The van der Waals surface area contributed by atoms with Crippen molar-refractivity contribution in [3.63, 3.8) is 0 Å². The minimum atomic E-state index is -3.59. The molecule has 0 saturated carbocycles. The Morgan fingerprint density at radius 2 is 1.95 bits per heavy atom. The number of benzene rings is 1. The number of sulfonamides is 1. The predicted molar refractivity (Wildman–Crippen MR) is 74.9 cm³/mol. The molecule has 0 aliphatic rings. The van der Waals surface area contributed by atoms with Crippen LogP contribution in [0.25, 0.3) is 0 Å². The number of hydrogen-bond acceptors (Lipinski definition) is 3. The molecule has 4 nitrogen and oxygen atoms in total. The third-order valence-corrected chi connectivity index (χ3v) is 4.78. The van der Waals surface area contributed by atoms with Crippen LogP contribution >= 0.6 is 0 Å². The van der Waals surface area contributed by atoms with Gasteiger partial charge in [0.05, 0.1) is 18.0 Å². The highest BCUT2D eigenvalue weighted by Crippen LogP contribution is 2.23. The number of nitrogens with zero attached hydrogens (tertiary/aromatic N) is 1. The Morgan fingerprint density at radius 1 is 1.30 bits per heavy atom. The molecule has 0 radical (unpaired) electrons. The van der Waals surface area contributed by atoms with Crippen LogP contribution in [0.3, 0.4) is 0 Å². The molecule has 0 heterocycles. The van der Waals surface area contributed by atoms with Crippen molar-refractivity contribution in [3.8, 4) is 0 Å². The smallest absolute Gasteiger partial charge is 0.261 e. The zero-order chi connectivity index (χ0) is 15.3. The molecule has 114 valence electrons. The second kappa shape index (κ2) is 6.99. The van der Waals surface area contributed by atoms with Crippen LogP contribution in [-0.2, 0) is 14.8 Å². The van der Waals surface area contributed by atoms with Crippen molar-refractivity contribution in [2.45, 2.75) is 20.3 Å². The van der Waals surface area contributed by atoms with E-state index in [1.807, 2.05) is 19.9 Å². The van der Waals surface area contributed by atoms with E-state index in [-0.39, 0.29) is 12.4 Å². The number of aryl methyl sites for hydroxylation is 1. The van der Waals surface area contributed by atoms with E-state index in [1.54, 1.807) is 12.1 Å². The first-order chi connectivity index (χ1) is 9.25. The van der Waals surface area contributed by atoms with Gasteiger partial charge < -0.3 is 4.74 Å². The number of anilines is 1. The highest BCUT2D eigenvalue weighted by Gasteiger charge is 2.20. The lowest BCUT2D eigenvalue weighted by atomic mass is 10.1. The van der Waals surface area contributed by atoms with E-state index in [1.165, 1.54) is 11.4 Å². The minimum absolute atomic E-state index is 0.248. The highest BCUT2D eigenvalue weighted by atomic mass is 32.2. The highest BCUT2D eigenvalue weighted by molar-refractivity contribution is 7.92. The van der Waals surface area contributed by atoms with Crippen molar-refractivity contribution >= 4 is 15.7 Å². The second-order valence-corrected chi connectivity index (χ2v) is 6.59. The predicted octanol–water partition coefficient (Wildman–Crippen LogP) is 2.35. The summed E-state index contributed by atoms with van der Waals surface area (Å²) >= 11 is 0. The summed E-state index contributed by atoms with van der Waals surface area (Å²) in [6, 6.07) is 5.38. The first-order valence-corrected chi connectivity index (χ1v) is 7.75. The van der Waals surface area contributed by atoms with Gasteiger partial charge in [-0.1, -0.05) is 12.1 Å². The molecule has 0 amide bonds. The van der Waals surface area contributed by atoms with Gasteiger partial charge in [-0.3, -0.25) is 4.31 Å². The van der Waals surface area contributed by atoms with Gasteiger partial charge in [0.1, 0.15) is 6.61 Å². The van der Waals surface area contributed by atoms with E-state index in [0.717, 1.165) is 11.1 Å². The van der Waals surface area contributed by atoms with Crippen molar-refractivity contribution < 1.29 is 21.9 Å². The topological polar surface area (TPSA) is 46.6 Å². The average molecular weight is 307 g/mol. The molecule has 0 spiro atoms. The molecule has 0 atom stereocenters. The maximum absolute atomic E-state index is 12.1. The molecule has 0 bridgehead atoms. The molecular formula is C13H19F2NO3S. The lowest BCUT2D eigenvalue weighted by molar-refractivity contribution is 0.0234. The molecule has 0 aromatic heterocycles. The Bertz CT molecular complexity index is 547. The SMILES string of the molecule is Cc1cccc(N(C)S(=O)(=O)CCOCC(F)F)c1C. The van der Waals surface area contributed by atoms with Crippen molar-refractivity contribution in [1.82, 2.24) is 0 Å². The lowest BCUT2D eigenvalue weighted by Crippen LogP contribution is -2.31. The molecule has 1 rings (SSSR count). The van der Waals surface area contributed by atoms with E-state index in [4.69, 9.17) is 0 Å². The minimum Gasteiger partial charge on any atom is -0.374 e. The van der Waals surface area contributed by atoms with Crippen LogP contribution in [0.2, 0.25) is 0 Å². The van der Waals surface area contributed by atoms with Gasteiger partial charge in [0.2, 0.25) is 10.0 Å². The summed E-state index contributed by atoms with van der Waals surface area (Å²) < 4.78 is 53.8. The van der Waals surface area contributed by atoms with Crippen LogP contribution < -0.4 is 4.31 Å². The van der Waals surface area contributed by atoms with E-state index in [0.29, 0.717) is 5.69 Å². The third kappa shape index (κ3) is 4.42. The van der Waals surface area contributed by atoms with Crippen molar-refractivity contribution in [1.29, 1.82) is 0 Å². The average Bonchev–Trinajstić information content (AvgIpc) is 2.37. The van der Waals surface area contributed by atoms with Gasteiger partial charge >= 0.3 is 0 Å². The quantitative estimate of drug-likeness (QED) is 0.727. The summed E-state index contributed by atoms with van der Waals surface area (Å²) in [7, 11) is -2.14. The maximum Gasteiger partial charge on any atom is 0.261 e. The van der Waals surface area contributed by atoms with E-state index >= 15 is 0 Å². The molecule has 0 fully saturated rings. The molecule has 0 unspecified atom stereocenters. The molecule has 0 N–H and O–H groups in total. The van der Waals surface area contributed by atoms with Crippen LogP contribution in [0.4, 0.5) is 14.5 Å². The Balaban J connectivity index is 2.74. The summed E-state index contributed by atoms with van der Waals surface area (Å²) in [4.78, 5) is 0. The normalized spacial score (nSPS) is 11.9. The third-order valence-electron chi connectivity index (χ3n) is 3.06. The zero-order valence-corrected chi connectivity index (χ0v) is 12.6. The molecule has 0 saturated heterocycles. The molecule has 7 heteroatoms. The van der Waals surface area contributed by atoms with Crippen LogP contribution in [-0.4, -0.2) is 40.9 Å². The van der Waals surface area contributed by atoms with E-state index in [9.17, 15) is 17.2 Å². The Morgan fingerprint density at radius 3 is 2.55 bits per heavy atom. The summed E-state index contributed by atoms with van der Waals surface area (Å²) in [6.45, 7) is 2.74. The van der Waals surface area contributed by atoms with E-state index < -0.39 is 23.1 Å². The second-order valence-electron chi connectivity index (χ2n) is 4.47. The molecular weight excluding hydrogens is 288 g/mol. The molecule has 20 heavy (non-hydrogen) atoms. The Hall–Kier alpha value is -1.21. The number of ether oxygens (including phenoxy) is 1. The molecule has 0 aliphatic carbocycles. The fourth-order valence-corrected chi connectivity index (χ4v) is 2.80. The van der Waals surface area contributed by atoms with Crippen LogP contribution in [0.1, 0.15) is 11.1 Å². The van der Waals surface area contributed by atoms with Crippen LogP contribution in [0.15, 0.2) is 18.2 Å². The lowest BCUT2D eigenvalue weighted by Gasteiger charge is -2.22. The van der Waals surface area contributed by atoms with Gasteiger partial charge in [0.15, 0.2) is 0 Å². The zero-order valence-electron chi connectivity index (χ0n) is 11.8. The van der Waals surface area contributed by atoms with Crippen molar-refractivity contribution in [2.75, 3.05) is 30.3 Å². The van der Waals surface area contributed by atoms with E-state index in [2.05, 4.69) is 4.74 Å².